The number of hydrogen-bond acceptors (Lipinski definition) is 5. The number of sulfonamides is 1. The van der Waals surface area contributed by atoms with Crippen molar-refractivity contribution in [3.63, 3.8) is 0 Å². The fourth-order valence-electron chi connectivity index (χ4n) is 2.34. The minimum atomic E-state index is -3.80. The lowest BCUT2D eigenvalue weighted by atomic mass is 10.1. The van der Waals surface area contributed by atoms with Gasteiger partial charge in [0, 0.05) is 12.6 Å². The van der Waals surface area contributed by atoms with Crippen LogP contribution in [-0.2, 0) is 21.2 Å². The highest BCUT2D eigenvalue weighted by molar-refractivity contribution is 7.89. The Bertz CT molecular complexity index is 853. The summed E-state index contributed by atoms with van der Waals surface area (Å²) < 4.78 is 37.1. The molecule has 0 aliphatic carbocycles. The molecule has 8 heteroatoms. The molecule has 0 aromatic heterocycles. The number of rotatable bonds is 7. The number of ether oxygens (including phenoxy) is 2. The Morgan fingerprint density at radius 3 is 2.60 bits per heavy atom. The third kappa shape index (κ3) is 4.49. The molecular weight excluding hydrogens is 344 g/mol. The molecule has 3 rings (SSSR count). The van der Waals surface area contributed by atoms with Crippen LogP contribution in [0, 0.1) is 0 Å². The molecule has 1 heterocycles. The summed E-state index contributed by atoms with van der Waals surface area (Å²) in [5.74, 6) is 0.480. The molecule has 0 spiro atoms. The highest BCUT2D eigenvalue weighted by atomic mass is 32.2. The second kappa shape index (κ2) is 7.54. The van der Waals surface area contributed by atoms with E-state index in [1.165, 1.54) is 18.2 Å². The van der Waals surface area contributed by atoms with E-state index < -0.39 is 10.0 Å². The number of nitrogens with one attached hydrogen (secondary N) is 2. The van der Waals surface area contributed by atoms with E-state index in [-0.39, 0.29) is 24.1 Å². The van der Waals surface area contributed by atoms with Gasteiger partial charge in [-0.2, -0.15) is 0 Å². The van der Waals surface area contributed by atoms with Gasteiger partial charge < -0.3 is 14.8 Å². The fourth-order valence-corrected chi connectivity index (χ4v) is 3.34. The Balaban J connectivity index is 1.49. The smallest absolute Gasteiger partial charge is 0.241 e. The van der Waals surface area contributed by atoms with E-state index in [9.17, 15) is 13.2 Å². The molecule has 0 saturated heterocycles. The van der Waals surface area contributed by atoms with E-state index in [0.717, 1.165) is 5.56 Å². The van der Waals surface area contributed by atoms with Gasteiger partial charge in [-0.15, -0.1) is 0 Å². The zero-order valence-electron chi connectivity index (χ0n) is 13.4. The molecule has 0 bridgehead atoms. The van der Waals surface area contributed by atoms with E-state index >= 15 is 0 Å². The Kier molecular flexibility index (Phi) is 5.20. The van der Waals surface area contributed by atoms with Gasteiger partial charge in [0.1, 0.15) is 0 Å². The molecule has 0 unspecified atom stereocenters. The first-order valence-electron chi connectivity index (χ1n) is 7.74. The minimum absolute atomic E-state index is 0.0221. The third-order valence-electron chi connectivity index (χ3n) is 3.66. The summed E-state index contributed by atoms with van der Waals surface area (Å²) in [4.78, 5) is 11.8. The van der Waals surface area contributed by atoms with Gasteiger partial charge in [0.2, 0.25) is 22.7 Å². The number of amides is 1. The largest absolute Gasteiger partial charge is 0.454 e. The number of carbonyl (C=O) groups excluding carboxylic acids is 1. The van der Waals surface area contributed by atoms with Gasteiger partial charge in [0.15, 0.2) is 11.5 Å². The Morgan fingerprint density at radius 2 is 1.80 bits per heavy atom. The van der Waals surface area contributed by atoms with Crippen molar-refractivity contribution in [2.75, 3.05) is 19.9 Å². The second-order valence-corrected chi connectivity index (χ2v) is 7.19. The molecule has 7 nitrogen and oxygen atoms in total. The Labute approximate surface area is 146 Å². The maximum atomic E-state index is 12.2. The van der Waals surface area contributed by atoms with Gasteiger partial charge in [-0.25, -0.2) is 13.1 Å². The molecule has 2 N–H and O–H groups in total. The van der Waals surface area contributed by atoms with Gasteiger partial charge in [0.05, 0.1) is 11.4 Å². The van der Waals surface area contributed by atoms with Crippen LogP contribution < -0.4 is 19.5 Å². The van der Waals surface area contributed by atoms with Crippen LogP contribution in [0.5, 0.6) is 11.5 Å². The molecule has 1 amide bonds. The minimum Gasteiger partial charge on any atom is -0.454 e. The number of hydrogen-bond donors (Lipinski definition) is 2. The molecule has 0 fully saturated rings. The molecule has 1 aliphatic rings. The molecule has 0 atom stereocenters. The summed E-state index contributed by atoms with van der Waals surface area (Å²) >= 11 is 0. The first-order valence-corrected chi connectivity index (χ1v) is 9.23. The summed E-state index contributed by atoms with van der Waals surface area (Å²) in [6, 6.07) is 14.0. The van der Waals surface area contributed by atoms with Crippen molar-refractivity contribution >= 4 is 15.9 Å². The number of fused-ring (bicyclic) bond motifs is 1. The van der Waals surface area contributed by atoms with E-state index in [2.05, 4.69) is 10.0 Å². The predicted molar refractivity (Wildman–Crippen MR) is 90.9 cm³/mol. The van der Waals surface area contributed by atoms with Crippen LogP contribution in [0.15, 0.2) is 53.4 Å². The van der Waals surface area contributed by atoms with E-state index in [1.54, 1.807) is 0 Å². The SMILES string of the molecule is O=C(CNS(=O)(=O)c1ccc2c(c1)OCO2)NCCc1ccccc1. The van der Waals surface area contributed by atoms with Crippen LogP contribution in [0.3, 0.4) is 0 Å². The third-order valence-corrected chi connectivity index (χ3v) is 5.05. The predicted octanol–water partition coefficient (Wildman–Crippen LogP) is 1.05. The molecule has 2 aromatic rings. The molecule has 1 aliphatic heterocycles. The lowest BCUT2D eigenvalue weighted by Gasteiger charge is -2.08. The van der Waals surface area contributed by atoms with Crippen LogP contribution in [0.2, 0.25) is 0 Å². The normalized spacial score (nSPS) is 12.8. The van der Waals surface area contributed by atoms with Crippen molar-refractivity contribution < 1.29 is 22.7 Å². The number of benzene rings is 2. The summed E-state index contributed by atoms with van der Waals surface area (Å²) in [5, 5.41) is 2.69. The van der Waals surface area contributed by atoms with Crippen LogP contribution in [0.4, 0.5) is 0 Å². The highest BCUT2D eigenvalue weighted by Crippen LogP contribution is 2.33. The summed E-state index contributed by atoms with van der Waals surface area (Å²) in [6.45, 7) is 0.177. The van der Waals surface area contributed by atoms with Crippen LogP contribution in [-0.4, -0.2) is 34.2 Å². The van der Waals surface area contributed by atoms with Crippen molar-refractivity contribution in [1.29, 1.82) is 0 Å². The van der Waals surface area contributed by atoms with Crippen LogP contribution in [0.1, 0.15) is 5.56 Å². The lowest BCUT2D eigenvalue weighted by Crippen LogP contribution is -2.37. The number of carbonyl (C=O) groups is 1. The van der Waals surface area contributed by atoms with Crippen molar-refractivity contribution in [2.24, 2.45) is 0 Å². The molecule has 0 saturated carbocycles. The van der Waals surface area contributed by atoms with Crippen molar-refractivity contribution in [1.82, 2.24) is 10.0 Å². The maximum Gasteiger partial charge on any atom is 0.241 e. The zero-order valence-corrected chi connectivity index (χ0v) is 14.2. The van der Waals surface area contributed by atoms with Crippen molar-refractivity contribution in [2.45, 2.75) is 11.3 Å². The van der Waals surface area contributed by atoms with Crippen LogP contribution in [0.25, 0.3) is 0 Å². The first-order chi connectivity index (χ1) is 12.0. The Hall–Kier alpha value is -2.58. The second-order valence-electron chi connectivity index (χ2n) is 5.43. The topological polar surface area (TPSA) is 93.7 Å². The van der Waals surface area contributed by atoms with E-state index in [1.807, 2.05) is 30.3 Å². The summed E-state index contributed by atoms with van der Waals surface area (Å²) in [7, 11) is -3.80. The average molecular weight is 362 g/mol. The molecular formula is C17H18N2O5S. The van der Waals surface area contributed by atoms with Gasteiger partial charge >= 0.3 is 0 Å². The standard InChI is InChI=1S/C17H18N2O5S/c20-17(18-9-8-13-4-2-1-3-5-13)11-19-25(21,22)14-6-7-15-16(10-14)24-12-23-15/h1-7,10,19H,8-9,11-12H2,(H,18,20). The van der Waals surface area contributed by atoms with Gasteiger partial charge in [-0.3, -0.25) is 4.79 Å². The van der Waals surface area contributed by atoms with Gasteiger partial charge in [-0.1, -0.05) is 30.3 Å². The molecule has 25 heavy (non-hydrogen) atoms. The average Bonchev–Trinajstić information content (AvgIpc) is 3.09. The van der Waals surface area contributed by atoms with E-state index in [0.29, 0.717) is 24.5 Å². The highest BCUT2D eigenvalue weighted by Gasteiger charge is 2.20. The van der Waals surface area contributed by atoms with Crippen LogP contribution >= 0.6 is 0 Å². The van der Waals surface area contributed by atoms with Gasteiger partial charge in [-0.05, 0) is 24.1 Å². The van der Waals surface area contributed by atoms with Gasteiger partial charge in [0.25, 0.3) is 0 Å². The molecule has 2 aromatic carbocycles. The lowest BCUT2D eigenvalue weighted by molar-refractivity contribution is -0.119. The zero-order chi connectivity index (χ0) is 17.7. The van der Waals surface area contributed by atoms with Crippen molar-refractivity contribution in [3.8, 4) is 11.5 Å². The fraction of sp³-hybridized carbons (Fsp3) is 0.235. The van der Waals surface area contributed by atoms with E-state index in [4.69, 9.17) is 9.47 Å². The maximum absolute atomic E-state index is 12.2. The first kappa shape index (κ1) is 17.2. The quantitative estimate of drug-likeness (QED) is 0.768. The molecule has 132 valence electrons. The molecule has 0 radical (unpaired) electrons. The monoisotopic (exact) mass is 362 g/mol. The Morgan fingerprint density at radius 1 is 1.04 bits per heavy atom. The van der Waals surface area contributed by atoms with Crippen molar-refractivity contribution in [3.05, 3.63) is 54.1 Å². The summed E-state index contributed by atoms with van der Waals surface area (Å²) in [5.41, 5.74) is 1.10. The summed E-state index contributed by atoms with van der Waals surface area (Å²) in [6.07, 6.45) is 0.682.